The third-order valence-electron chi connectivity index (χ3n) is 4.08. The number of carboxylic acid groups (broad SMARTS) is 1. The van der Waals surface area contributed by atoms with Crippen molar-refractivity contribution >= 4 is 47.8 Å². The highest BCUT2D eigenvalue weighted by Crippen LogP contribution is 2.41. The van der Waals surface area contributed by atoms with Gasteiger partial charge in [0.2, 0.25) is 5.56 Å². The van der Waals surface area contributed by atoms with Crippen LogP contribution in [0.15, 0.2) is 16.3 Å². The van der Waals surface area contributed by atoms with Gasteiger partial charge in [-0.3, -0.25) is 9.69 Å². The van der Waals surface area contributed by atoms with E-state index in [1.807, 2.05) is 6.92 Å². The summed E-state index contributed by atoms with van der Waals surface area (Å²) in [5.41, 5.74) is 0.215. The first kappa shape index (κ1) is 19.8. The molecule has 0 aromatic rings. The SMILES string of the molecule is CCCNC(=O)NC1C(=O)N2C(C(=O)O)=C(CSC3N=CN(C)O3)CS[C@@H]12. The maximum Gasteiger partial charge on any atom is 0.352 e. The van der Waals surface area contributed by atoms with Crippen molar-refractivity contribution in [3.05, 3.63) is 11.3 Å². The molecule has 0 spiro atoms. The number of β-lactam (4-membered cyclic amide) rings is 1. The Morgan fingerprint density at radius 3 is 2.93 bits per heavy atom. The molecule has 10 nitrogen and oxygen atoms in total. The van der Waals surface area contributed by atoms with Gasteiger partial charge in [0.15, 0.2) is 0 Å². The first-order valence-corrected chi connectivity index (χ1v) is 10.5. The Morgan fingerprint density at radius 1 is 1.52 bits per heavy atom. The molecule has 1 saturated heterocycles. The molecule has 0 aromatic heterocycles. The van der Waals surface area contributed by atoms with Crippen molar-refractivity contribution in [2.24, 2.45) is 4.99 Å². The summed E-state index contributed by atoms with van der Waals surface area (Å²) in [6.07, 6.45) is 2.34. The Hall–Kier alpha value is -1.92. The molecule has 3 rings (SSSR count). The van der Waals surface area contributed by atoms with Gasteiger partial charge in [0.1, 0.15) is 23.5 Å². The molecule has 0 saturated carbocycles. The predicted molar refractivity (Wildman–Crippen MR) is 102 cm³/mol. The number of carbonyl (C=O) groups excluding carboxylic acids is 2. The van der Waals surface area contributed by atoms with Crippen LogP contribution in [0, 0.1) is 0 Å². The molecule has 12 heteroatoms. The second-order valence-electron chi connectivity index (χ2n) is 6.08. The number of hydrogen-bond acceptors (Lipinski definition) is 8. The van der Waals surface area contributed by atoms with Crippen molar-refractivity contribution in [2.45, 2.75) is 30.3 Å². The molecular formula is C15H21N5O5S2. The fourth-order valence-electron chi connectivity index (χ4n) is 2.82. The zero-order valence-corrected chi connectivity index (χ0v) is 16.5. The van der Waals surface area contributed by atoms with Crippen LogP contribution in [-0.4, -0.2) is 81.4 Å². The van der Waals surface area contributed by atoms with Crippen molar-refractivity contribution in [2.75, 3.05) is 25.1 Å². The summed E-state index contributed by atoms with van der Waals surface area (Å²) in [4.78, 5) is 46.9. The quantitative estimate of drug-likeness (QED) is 0.505. The molecule has 0 aromatic carbocycles. The Morgan fingerprint density at radius 2 is 2.30 bits per heavy atom. The van der Waals surface area contributed by atoms with E-state index >= 15 is 0 Å². The summed E-state index contributed by atoms with van der Waals surface area (Å²) in [6.45, 7) is 2.44. The van der Waals surface area contributed by atoms with Gasteiger partial charge in [-0.15, -0.1) is 11.8 Å². The second-order valence-corrected chi connectivity index (χ2v) is 8.21. The number of nitrogens with one attached hydrogen (secondary N) is 2. The zero-order valence-electron chi connectivity index (χ0n) is 14.9. The van der Waals surface area contributed by atoms with Crippen molar-refractivity contribution < 1.29 is 24.3 Å². The topological polar surface area (TPSA) is 124 Å². The molecule has 3 N–H and O–H groups in total. The number of amides is 3. The molecule has 2 unspecified atom stereocenters. The number of thioether (sulfide) groups is 2. The normalized spacial score (nSPS) is 26.7. The van der Waals surface area contributed by atoms with Gasteiger partial charge in [-0.05, 0) is 12.0 Å². The molecule has 148 valence electrons. The highest BCUT2D eigenvalue weighted by molar-refractivity contribution is 8.01. The van der Waals surface area contributed by atoms with E-state index in [1.165, 1.54) is 33.5 Å². The zero-order chi connectivity index (χ0) is 19.6. The van der Waals surface area contributed by atoms with E-state index in [0.29, 0.717) is 23.6 Å². The molecule has 27 heavy (non-hydrogen) atoms. The first-order valence-electron chi connectivity index (χ1n) is 8.41. The maximum atomic E-state index is 12.5. The minimum Gasteiger partial charge on any atom is -0.477 e. The van der Waals surface area contributed by atoms with E-state index in [4.69, 9.17) is 4.84 Å². The number of fused-ring (bicyclic) bond motifs is 1. The Labute approximate surface area is 164 Å². The Bertz CT molecular complexity index is 700. The summed E-state index contributed by atoms with van der Waals surface area (Å²) in [7, 11) is 1.72. The van der Waals surface area contributed by atoms with Gasteiger partial charge in [0.25, 0.3) is 5.91 Å². The molecule has 0 radical (unpaired) electrons. The van der Waals surface area contributed by atoms with Crippen molar-refractivity contribution in [1.29, 1.82) is 0 Å². The number of nitrogens with zero attached hydrogens (tertiary/aromatic N) is 3. The number of aliphatic carboxylic acids is 1. The molecule has 1 fully saturated rings. The molecule has 3 aliphatic rings. The highest BCUT2D eigenvalue weighted by Gasteiger charge is 2.54. The van der Waals surface area contributed by atoms with Crippen LogP contribution in [0.3, 0.4) is 0 Å². The van der Waals surface area contributed by atoms with Gasteiger partial charge < -0.3 is 15.7 Å². The Kier molecular flexibility index (Phi) is 6.17. The van der Waals surface area contributed by atoms with Crippen LogP contribution in [0.5, 0.6) is 0 Å². The minimum atomic E-state index is -1.15. The largest absolute Gasteiger partial charge is 0.477 e. The maximum absolute atomic E-state index is 12.5. The Balaban J connectivity index is 1.65. The van der Waals surface area contributed by atoms with Crippen molar-refractivity contribution in [3.8, 4) is 0 Å². The fourth-order valence-corrected chi connectivity index (χ4v) is 5.21. The molecule has 3 amide bonds. The smallest absolute Gasteiger partial charge is 0.352 e. The molecule has 3 atom stereocenters. The summed E-state index contributed by atoms with van der Waals surface area (Å²) in [6, 6.07) is -1.13. The monoisotopic (exact) mass is 415 g/mol. The second kappa shape index (κ2) is 8.40. The van der Waals surface area contributed by atoms with Crippen LogP contribution < -0.4 is 10.6 Å². The third kappa shape index (κ3) is 4.17. The third-order valence-corrected chi connectivity index (χ3v) is 6.43. The summed E-state index contributed by atoms with van der Waals surface area (Å²) in [5, 5.41) is 16.0. The molecule has 0 bridgehead atoms. The van der Waals surface area contributed by atoms with Crippen LogP contribution in [0.1, 0.15) is 13.3 Å². The van der Waals surface area contributed by atoms with Gasteiger partial charge in [-0.25, -0.2) is 24.5 Å². The summed E-state index contributed by atoms with van der Waals surface area (Å²) < 4.78 is 0. The van der Waals surface area contributed by atoms with Gasteiger partial charge >= 0.3 is 12.0 Å². The number of aliphatic imine (C=N–C) groups is 1. The van der Waals surface area contributed by atoms with Crippen LogP contribution in [0.2, 0.25) is 0 Å². The molecule has 3 aliphatic heterocycles. The van der Waals surface area contributed by atoms with Crippen molar-refractivity contribution in [3.63, 3.8) is 0 Å². The van der Waals surface area contributed by atoms with Gasteiger partial charge in [-0.1, -0.05) is 18.7 Å². The average Bonchev–Trinajstić information content (AvgIpc) is 3.06. The summed E-state index contributed by atoms with van der Waals surface area (Å²) in [5.74, 6) is -0.708. The summed E-state index contributed by atoms with van der Waals surface area (Å²) >= 11 is 2.79. The molecule has 3 heterocycles. The van der Waals surface area contributed by atoms with Crippen molar-refractivity contribution in [1.82, 2.24) is 20.6 Å². The highest BCUT2D eigenvalue weighted by atomic mass is 32.2. The van der Waals surface area contributed by atoms with Gasteiger partial charge in [0, 0.05) is 25.1 Å². The molecule has 0 aliphatic carbocycles. The number of urea groups is 1. The fraction of sp³-hybridized carbons (Fsp3) is 0.600. The van der Waals surface area contributed by atoms with Crippen LogP contribution >= 0.6 is 23.5 Å². The van der Waals surface area contributed by atoms with E-state index in [-0.39, 0.29) is 5.70 Å². The van der Waals surface area contributed by atoms with Crippen LogP contribution in [-0.2, 0) is 14.4 Å². The predicted octanol–water partition coefficient (Wildman–Crippen LogP) is 0.240. The minimum absolute atomic E-state index is 0.00130. The van der Waals surface area contributed by atoms with Crippen LogP contribution in [0.25, 0.3) is 0 Å². The number of rotatable bonds is 7. The average molecular weight is 415 g/mol. The first-order chi connectivity index (χ1) is 12.9. The van der Waals surface area contributed by atoms with Gasteiger partial charge in [0.05, 0.1) is 0 Å². The number of hydrogen-bond donors (Lipinski definition) is 3. The lowest BCUT2D eigenvalue weighted by atomic mass is 10.0. The van der Waals surface area contributed by atoms with E-state index in [2.05, 4.69) is 15.6 Å². The van der Waals surface area contributed by atoms with E-state index in [1.54, 1.807) is 13.4 Å². The lowest BCUT2D eigenvalue weighted by Gasteiger charge is -2.49. The van der Waals surface area contributed by atoms with Crippen LogP contribution in [0.4, 0.5) is 4.79 Å². The standard InChI is InChI=1S/C15H21N5O5S2/c1-3-4-16-14(24)18-9-11(21)20-10(13(22)23)8(5-26-12(9)20)6-27-15-17-7-19(2)25-15/h7,9,12,15H,3-6H2,1-2H3,(H,22,23)(H2,16,18,24)/t9?,12-,15?/m0/s1. The van der Waals surface area contributed by atoms with Gasteiger partial charge in [-0.2, -0.15) is 0 Å². The number of carbonyl (C=O) groups is 3. The van der Waals surface area contributed by atoms with E-state index < -0.39 is 34.9 Å². The molecular weight excluding hydrogens is 394 g/mol. The van der Waals surface area contributed by atoms with E-state index in [0.717, 1.165) is 6.42 Å². The van der Waals surface area contributed by atoms with E-state index in [9.17, 15) is 19.5 Å². The lowest BCUT2D eigenvalue weighted by Crippen LogP contribution is -2.71. The number of hydroxylamine groups is 2. The lowest BCUT2D eigenvalue weighted by molar-refractivity contribution is -0.148. The number of carboxylic acids is 1.